The SMILES string of the molecule is CC(C)[C@H](CO)Nc1nc(Nc2ccc(F)c(F)c2)cc(-c2ccccc2)n1. The number of hydrogen-bond donors (Lipinski definition) is 3. The number of aromatic nitrogens is 2. The van der Waals surface area contributed by atoms with Gasteiger partial charge in [0.05, 0.1) is 18.3 Å². The van der Waals surface area contributed by atoms with Crippen molar-refractivity contribution < 1.29 is 13.9 Å². The van der Waals surface area contributed by atoms with Crippen molar-refractivity contribution in [2.24, 2.45) is 5.92 Å². The van der Waals surface area contributed by atoms with E-state index in [2.05, 4.69) is 20.6 Å². The molecule has 1 atom stereocenters. The molecule has 0 radical (unpaired) electrons. The highest BCUT2D eigenvalue weighted by Crippen LogP contribution is 2.25. The minimum atomic E-state index is -0.944. The number of halogens is 2. The van der Waals surface area contributed by atoms with Crippen molar-refractivity contribution in [3.63, 3.8) is 0 Å². The summed E-state index contributed by atoms with van der Waals surface area (Å²) in [6.45, 7) is 3.90. The van der Waals surface area contributed by atoms with Gasteiger partial charge in [-0.05, 0) is 18.1 Å². The van der Waals surface area contributed by atoms with Crippen LogP contribution in [0.25, 0.3) is 11.3 Å². The molecule has 0 bridgehead atoms. The predicted molar refractivity (Wildman–Crippen MR) is 106 cm³/mol. The van der Waals surface area contributed by atoms with Gasteiger partial charge in [0.1, 0.15) is 5.82 Å². The van der Waals surface area contributed by atoms with Gasteiger partial charge < -0.3 is 15.7 Å². The Balaban J connectivity index is 1.97. The Hall–Kier alpha value is -3.06. The number of aliphatic hydroxyl groups excluding tert-OH is 1. The number of hydrogen-bond acceptors (Lipinski definition) is 5. The summed E-state index contributed by atoms with van der Waals surface area (Å²) in [7, 11) is 0. The summed E-state index contributed by atoms with van der Waals surface area (Å²) in [5.74, 6) is -0.942. The molecule has 0 aliphatic carbocycles. The van der Waals surface area contributed by atoms with Crippen molar-refractivity contribution in [2.45, 2.75) is 19.9 Å². The van der Waals surface area contributed by atoms with E-state index in [0.717, 1.165) is 17.7 Å². The largest absolute Gasteiger partial charge is 0.394 e. The van der Waals surface area contributed by atoms with E-state index in [9.17, 15) is 13.9 Å². The first-order valence-corrected chi connectivity index (χ1v) is 9.00. The van der Waals surface area contributed by atoms with Crippen LogP contribution >= 0.6 is 0 Å². The average Bonchev–Trinajstić information content (AvgIpc) is 2.69. The lowest BCUT2D eigenvalue weighted by atomic mass is 10.1. The van der Waals surface area contributed by atoms with E-state index in [1.807, 2.05) is 44.2 Å². The lowest BCUT2D eigenvalue weighted by molar-refractivity contribution is 0.248. The Bertz CT molecular complexity index is 935. The molecule has 1 heterocycles. The summed E-state index contributed by atoms with van der Waals surface area (Å²) in [6, 6.07) is 14.6. The first-order chi connectivity index (χ1) is 13.5. The molecule has 1 aromatic heterocycles. The van der Waals surface area contributed by atoms with Crippen LogP contribution in [0.1, 0.15) is 13.8 Å². The zero-order chi connectivity index (χ0) is 20.1. The molecule has 28 heavy (non-hydrogen) atoms. The summed E-state index contributed by atoms with van der Waals surface area (Å²) in [5, 5.41) is 15.7. The van der Waals surface area contributed by atoms with Gasteiger partial charge in [-0.25, -0.2) is 13.8 Å². The number of nitrogens with zero attached hydrogens (tertiary/aromatic N) is 2. The zero-order valence-electron chi connectivity index (χ0n) is 15.7. The zero-order valence-corrected chi connectivity index (χ0v) is 15.7. The highest BCUT2D eigenvalue weighted by molar-refractivity contribution is 5.67. The van der Waals surface area contributed by atoms with Crippen LogP contribution in [0.5, 0.6) is 0 Å². The molecule has 3 rings (SSSR count). The molecule has 3 aromatic rings. The Labute approximate surface area is 162 Å². The molecule has 146 valence electrons. The van der Waals surface area contributed by atoms with E-state index >= 15 is 0 Å². The maximum Gasteiger partial charge on any atom is 0.225 e. The third-order valence-electron chi connectivity index (χ3n) is 4.30. The lowest BCUT2D eigenvalue weighted by Crippen LogP contribution is -2.30. The lowest BCUT2D eigenvalue weighted by Gasteiger charge is -2.20. The normalized spacial score (nSPS) is 12.1. The summed E-state index contributed by atoms with van der Waals surface area (Å²) in [6.07, 6.45) is 0. The van der Waals surface area contributed by atoms with Gasteiger partial charge in [0.2, 0.25) is 5.95 Å². The van der Waals surface area contributed by atoms with Gasteiger partial charge >= 0.3 is 0 Å². The highest BCUT2D eigenvalue weighted by atomic mass is 19.2. The van der Waals surface area contributed by atoms with Crippen molar-refractivity contribution in [1.29, 1.82) is 0 Å². The molecule has 0 saturated heterocycles. The molecular weight excluding hydrogens is 362 g/mol. The third-order valence-corrected chi connectivity index (χ3v) is 4.30. The third kappa shape index (κ3) is 4.80. The molecule has 0 amide bonds. The molecule has 0 aliphatic heterocycles. The summed E-state index contributed by atoms with van der Waals surface area (Å²) in [5.41, 5.74) is 1.90. The summed E-state index contributed by atoms with van der Waals surface area (Å²) in [4.78, 5) is 8.96. The van der Waals surface area contributed by atoms with E-state index in [-0.39, 0.29) is 18.6 Å². The Kier molecular flexibility index (Phi) is 6.16. The molecule has 5 nitrogen and oxygen atoms in total. The van der Waals surface area contributed by atoms with Crippen LogP contribution in [0.2, 0.25) is 0 Å². The molecule has 3 N–H and O–H groups in total. The number of aliphatic hydroxyl groups is 1. The van der Waals surface area contributed by atoms with Crippen molar-refractivity contribution in [3.05, 3.63) is 66.2 Å². The van der Waals surface area contributed by atoms with Crippen LogP contribution in [0.3, 0.4) is 0 Å². The second-order valence-corrected chi connectivity index (χ2v) is 6.76. The van der Waals surface area contributed by atoms with E-state index < -0.39 is 11.6 Å². The van der Waals surface area contributed by atoms with Crippen molar-refractivity contribution in [3.8, 4) is 11.3 Å². The molecule has 2 aromatic carbocycles. The van der Waals surface area contributed by atoms with Gasteiger partial charge in [0, 0.05) is 23.4 Å². The second-order valence-electron chi connectivity index (χ2n) is 6.76. The quantitative estimate of drug-likeness (QED) is 0.556. The minimum absolute atomic E-state index is 0.0669. The van der Waals surface area contributed by atoms with E-state index in [1.54, 1.807) is 6.07 Å². The fourth-order valence-corrected chi connectivity index (χ4v) is 2.64. The monoisotopic (exact) mass is 384 g/mol. The van der Waals surface area contributed by atoms with Gasteiger partial charge in [-0.2, -0.15) is 4.98 Å². The van der Waals surface area contributed by atoms with Crippen molar-refractivity contribution in [1.82, 2.24) is 9.97 Å². The molecule has 0 saturated carbocycles. The number of rotatable bonds is 7. The molecule has 0 unspecified atom stereocenters. The standard InChI is InChI=1S/C21H22F2N4O/c1-13(2)19(12-28)26-21-25-18(14-6-4-3-5-7-14)11-20(27-21)24-15-8-9-16(22)17(23)10-15/h3-11,13,19,28H,12H2,1-2H3,(H2,24,25,26,27)/t19-/m0/s1. The second kappa shape index (κ2) is 8.75. The van der Waals surface area contributed by atoms with Crippen LogP contribution in [0.15, 0.2) is 54.6 Å². The highest BCUT2D eigenvalue weighted by Gasteiger charge is 2.15. The van der Waals surface area contributed by atoms with Crippen LogP contribution < -0.4 is 10.6 Å². The Morgan fingerprint density at radius 3 is 2.36 bits per heavy atom. The first kappa shape index (κ1) is 19.7. The molecule has 7 heteroatoms. The molecule has 0 fully saturated rings. The Morgan fingerprint density at radius 2 is 1.71 bits per heavy atom. The minimum Gasteiger partial charge on any atom is -0.394 e. The predicted octanol–water partition coefficient (Wildman–Crippen LogP) is 4.59. The fraction of sp³-hybridized carbons (Fsp3) is 0.238. The Morgan fingerprint density at radius 1 is 0.964 bits per heavy atom. The van der Waals surface area contributed by atoms with Gasteiger partial charge in [0.25, 0.3) is 0 Å². The van der Waals surface area contributed by atoms with Crippen molar-refractivity contribution in [2.75, 3.05) is 17.2 Å². The summed E-state index contributed by atoms with van der Waals surface area (Å²) >= 11 is 0. The number of benzene rings is 2. The smallest absolute Gasteiger partial charge is 0.225 e. The van der Waals surface area contributed by atoms with Crippen LogP contribution in [0.4, 0.5) is 26.2 Å². The van der Waals surface area contributed by atoms with Gasteiger partial charge in [-0.15, -0.1) is 0 Å². The first-order valence-electron chi connectivity index (χ1n) is 9.00. The van der Waals surface area contributed by atoms with Crippen LogP contribution in [-0.2, 0) is 0 Å². The number of nitrogens with one attached hydrogen (secondary N) is 2. The topological polar surface area (TPSA) is 70.1 Å². The fourth-order valence-electron chi connectivity index (χ4n) is 2.64. The van der Waals surface area contributed by atoms with Crippen LogP contribution in [-0.4, -0.2) is 27.7 Å². The van der Waals surface area contributed by atoms with Crippen LogP contribution in [0, 0.1) is 17.6 Å². The van der Waals surface area contributed by atoms with Gasteiger partial charge in [0.15, 0.2) is 11.6 Å². The maximum absolute atomic E-state index is 13.5. The average molecular weight is 384 g/mol. The summed E-state index contributed by atoms with van der Waals surface area (Å²) < 4.78 is 26.7. The molecule has 0 aliphatic rings. The number of anilines is 3. The van der Waals surface area contributed by atoms with Gasteiger partial charge in [-0.1, -0.05) is 44.2 Å². The maximum atomic E-state index is 13.5. The van der Waals surface area contributed by atoms with Gasteiger partial charge in [-0.3, -0.25) is 0 Å². The van der Waals surface area contributed by atoms with E-state index in [0.29, 0.717) is 23.1 Å². The van der Waals surface area contributed by atoms with E-state index in [4.69, 9.17) is 0 Å². The molecule has 0 spiro atoms. The van der Waals surface area contributed by atoms with Crippen molar-refractivity contribution >= 4 is 17.5 Å². The van der Waals surface area contributed by atoms with E-state index in [1.165, 1.54) is 6.07 Å². The molecular formula is C21H22F2N4O.